The van der Waals surface area contributed by atoms with Crippen LogP contribution in [0.4, 0.5) is 15.9 Å². The van der Waals surface area contributed by atoms with Gasteiger partial charge in [-0.05, 0) is 54.1 Å². The first-order valence-electron chi connectivity index (χ1n) is 10.4. The molecule has 33 heavy (non-hydrogen) atoms. The first-order valence-corrected chi connectivity index (χ1v) is 11.8. The molecule has 0 aliphatic carbocycles. The van der Waals surface area contributed by atoms with Crippen LogP contribution >= 0.6 is 0 Å². The van der Waals surface area contributed by atoms with Gasteiger partial charge in [-0.1, -0.05) is 12.1 Å². The SMILES string of the molecule is O=C(NCc1ccnc(N2CCOCC2)c1)c1ccc(S(=O)(=O)Nc2ccccc2F)cc1. The van der Waals surface area contributed by atoms with Crippen LogP contribution in [0.3, 0.4) is 0 Å². The molecule has 0 unspecified atom stereocenters. The molecule has 4 rings (SSSR count). The Hall–Kier alpha value is -3.50. The number of carbonyl (C=O) groups excluding carboxylic acids is 1. The average molecular weight is 471 g/mol. The van der Waals surface area contributed by atoms with Gasteiger partial charge in [-0.2, -0.15) is 0 Å². The summed E-state index contributed by atoms with van der Waals surface area (Å²) in [5.41, 5.74) is 1.06. The normalized spacial score (nSPS) is 14.0. The molecule has 172 valence electrons. The number of hydrogen-bond acceptors (Lipinski definition) is 6. The van der Waals surface area contributed by atoms with Crippen molar-refractivity contribution in [2.45, 2.75) is 11.4 Å². The van der Waals surface area contributed by atoms with Crippen molar-refractivity contribution in [2.24, 2.45) is 0 Å². The average Bonchev–Trinajstić information content (AvgIpc) is 2.85. The van der Waals surface area contributed by atoms with E-state index in [1.807, 2.05) is 12.1 Å². The zero-order valence-corrected chi connectivity index (χ0v) is 18.5. The second kappa shape index (κ2) is 9.97. The summed E-state index contributed by atoms with van der Waals surface area (Å²) < 4.78 is 46.4. The summed E-state index contributed by atoms with van der Waals surface area (Å²) in [4.78, 5) is 19.0. The first-order chi connectivity index (χ1) is 15.9. The molecule has 1 aliphatic rings. The van der Waals surface area contributed by atoms with Gasteiger partial charge in [0.2, 0.25) is 0 Å². The van der Waals surface area contributed by atoms with Gasteiger partial charge in [-0.25, -0.2) is 17.8 Å². The topological polar surface area (TPSA) is 101 Å². The smallest absolute Gasteiger partial charge is 0.261 e. The van der Waals surface area contributed by atoms with Crippen molar-refractivity contribution >= 4 is 27.4 Å². The van der Waals surface area contributed by atoms with E-state index in [-0.39, 0.29) is 16.5 Å². The molecule has 0 bridgehead atoms. The molecule has 1 fully saturated rings. The number of hydrogen-bond donors (Lipinski definition) is 2. The molecule has 1 aliphatic heterocycles. The van der Waals surface area contributed by atoms with E-state index < -0.39 is 15.8 Å². The second-order valence-corrected chi connectivity index (χ2v) is 9.10. The maximum Gasteiger partial charge on any atom is 0.261 e. The molecule has 1 saturated heterocycles. The Bertz CT molecular complexity index is 1230. The van der Waals surface area contributed by atoms with Crippen molar-refractivity contribution in [2.75, 3.05) is 35.9 Å². The molecule has 8 nitrogen and oxygen atoms in total. The molecule has 0 radical (unpaired) electrons. The Kier molecular flexibility index (Phi) is 6.85. The number of sulfonamides is 1. The number of benzene rings is 2. The summed E-state index contributed by atoms with van der Waals surface area (Å²) in [7, 11) is -3.99. The van der Waals surface area contributed by atoms with E-state index in [1.54, 1.807) is 6.20 Å². The van der Waals surface area contributed by atoms with E-state index in [9.17, 15) is 17.6 Å². The van der Waals surface area contributed by atoms with Crippen molar-refractivity contribution in [1.82, 2.24) is 10.3 Å². The molecule has 3 aromatic rings. The van der Waals surface area contributed by atoms with Crippen molar-refractivity contribution in [3.05, 3.63) is 83.8 Å². The van der Waals surface area contributed by atoms with E-state index >= 15 is 0 Å². The fourth-order valence-electron chi connectivity index (χ4n) is 3.35. The van der Waals surface area contributed by atoms with Gasteiger partial charge in [0.05, 0.1) is 23.8 Å². The number of nitrogens with zero attached hydrogens (tertiary/aromatic N) is 2. The van der Waals surface area contributed by atoms with Crippen LogP contribution in [0.25, 0.3) is 0 Å². The van der Waals surface area contributed by atoms with Gasteiger partial charge in [-0.15, -0.1) is 0 Å². The third-order valence-corrected chi connectivity index (χ3v) is 6.52. The number of aromatic nitrogens is 1. The molecule has 10 heteroatoms. The van der Waals surface area contributed by atoms with Gasteiger partial charge in [0, 0.05) is 31.4 Å². The lowest BCUT2D eigenvalue weighted by atomic mass is 10.2. The van der Waals surface area contributed by atoms with Crippen molar-refractivity contribution in [3.8, 4) is 0 Å². The molecule has 0 atom stereocenters. The quantitative estimate of drug-likeness (QED) is 0.551. The van der Waals surface area contributed by atoms with Crippen molar-refractivity contribution in [1.29, 1.82) is 0 Å². The van der Waals surface area contributed by atoms with Crippen LogP contribution in [0, 0.1) is 5.82 Å². The van der Waals surface area contributed by atoms with Crippen LogP contribution in [-0.4, -0.2) is 45.6 Å². The zero-order chi connectivity index (χ0) is 23.3. The summed E-state index contributed by atoms with van der Waals surface area (Å²) in [6.45, 7) is 3.15. The minimum Gasteiger partial charge on any atom is -0.378 e. The highest BCUT2D eigenvalue weighted by molar-refractivity contribution is 7.92. The molecule has 0 spiro atoms. The predicted molar refractivity (Wildman–Crippen MR) is 122 cm³/mol. The predicted octanol–water partition coefficient (Wildman–Crippen LogP) is 2.79. The van der Waals surface area contributed by atoms with Gasteiger partial charge >= 0.3 is 0 Å². The van der Waals surface area contributed by atoms with Gasteiger partial charge in [0.1, 0.15) is 11.6 Å². The van der Waals surface area contributed by atoms with E-state index in [0.717, 1.165) is 30.5 Å². The number of halogens is 1. The minimum absolute atomic E-state index is 0.0772. The molecule has 2 heterocycles. The Labute approximate surface area is 191 Å². The number of pyridine rings is 1. The molecule has 2 N–H and O–H groups in total. The van der Waals surface area contributed by atoms with Crippen LogP contribution in [0.2, 0.25) is 0 Å². The number of nitrogens with one attached hydrogen (secondary N) is 2. The maximum absolute atomic E-state index is 13.8. The molecular formula is C23H23FN4O4S. The van der Waals surface area contributed by atoms with Gasteiger partial charge in [0.25, 0.3) is 15.9 Å². The molecule has 1 aromatic heterocycles. The van der Waals surface area contributed by atoms with E-state index in [2.05, 4.69) is 19.9 Å². The monoisotopic (exact) mass is 470 g/mol. The first kappa shape index (κ1) is 22.7. The number of rotatable bonds is 7. The molecular weight excluding hydrogens is 447 g/mol. The van der Waals surface area contributed by atoms with Gasteiger partial charge < -0.3 is 15.0 Å². The van der Waals surface area contributed by atoms with Crippen LogP contribution in [0.1, 0.15) is 15.9 Å². The van der Waals surface area contributed by atoms with Gasteiger partial charge in [0.15, 0.2) is 0 Å². The summed E-state index contributed by atoms with van der Waals surface area (Å²) in [5.74, 6) is -0.183. The number of morpholine rings is 1. The second-order valence-electron chi connectivity index (χ2n) is 7.41. The number of amides is 1. The van der Waals surface area contributed by atoms with Crippen molar-refractivity contribution < 1.29 is 22.3 Å². The molecule has 2 aromatic carbocycles. The van der Waals surface area contributed by atoms with E-state index in [4.69, 9.17) is 4.74 Å². The van der Waals surface area contributed by atoms with Crippen LogP contribution in [-0.2, 0) is 21.3 Å². The standard InChI is InChI=1S/C23H23FN4O4S/c24-20-3-1-2-4-21(20)27-33(30,31)19-7-5-18(6-8-19)23(29)26-16-17-9-10-25-22(15-17)28-11-13-32-14-12-28/h1-10,15,27H,11-14,16H2,(H,26,29). The summed E-state index contributed by atoms with van der Waals surface area (Å²) >= 11 is 0. The fraction of sp³-hybridized carbons (Fsp3) is 0.217. The summed E-state index contributed by atoms with van der Waals surface area (Å²) in [6, 6.07) is 14.7. The lowest BCUT2D eigenvalue weighted by Gasteiger charge is -2.28. The Balaban J connectivity index is 1.38. The Morgan fingerprint density at radius 1 is 1.06 bits per heavy atom. The highest BCUT2D eigenvalue weighted by Crippen LogP contribution is 2.19. The zero-order valence-electron chi connectivity index (χ0n) is 17.7. The minimum atomic E-state index is -3.99. The van der Waals surface area contributed by atoms with E-state index in [0.29, 0.717) is 25.3 Å². The highest BCUT2D eigenvalue weighted by Gasteiger charge is 2.17. The van der Waals surface area contributed by atoms with Gasteiger partial charge in [-0.3, -0.25) is 9.52 Å². The van der Waals surface area contributed by atoms with Crippen LogP contribution < -0.4 is 14.9 Å². The molecule has 1 amide bonds. The number of carbonyl (C=O) groups is 1. The Morgan fingerprint density at radius 2 is 1.79 bits per heavy atom. The summed E-state index contributed by atoms with van der Waals surface area (Å²) in [6.07, 6.45) is 1.70. The maximum atomic E-state index is 13.8. The third kappa shape index (κ3) is 5.65. The largest absolute Gasteiger partial charge is 0.378 e. The van der Waals surface area contributed by atoms with E-state index in [1.165, 1.54) is 42.5 Å². The molecule has 0 saturated carbocycles. The highest BCUT2D eigenvalue weighted by atomic mass is 32.2. The number of anilines is 2. The lowest BCUT2D eigenvalue weighted by Crippen LogP contribution is -2.36. The fourth-order valence-corrected chi connectivity index (χ4v) is 4.42. The summed E-state index contributed by atoms with van der Waals surface area (Å²) in [5, 5.41) is 2.83. The number of para-hydroxylation sites is 1. The lowest BCUT2D eigenvalue weighted by molar-refractivity contribution is 0.0951. The van der Waals surface area contributed by atoms with Crippen molar-refractivity contribution in [3.63, 3.8) is 0 Å². The third-order valence-electron chi connectivity index (χ3n) is 5.14. The number of ether oxygens (including phenoxy) is 1. The Morgan fingerprint density at radius 3 is 2.52 bits per heavy atom. The van der Waals surface area contributed by atoms with Crippen LogP contribution in [0.5, 0.6) is 0 Å². The van der Waals surface area contributed by atoms with Crippen LogP contribution in [0.15, 0.2) is 71.8 Å².